The fourth-order valence-corrected chi connectivity index (χ4v) is 1.23. The van der Waals surface area contributed by atoms with Gasteiger partial charge >= 0.3 is 6.18 Å². The maximum Gasteiger partial charge on any atom is 0.411 e. The minimum absolute atomic E-state index is 0.109. The van der Waals surface area contributed by atoms with Gasteiger partial charge in [-0.05, 0) is 11.6 Å². The van der Waals surface area contributed by atoms with Gasteiger partial charge in [0.25, 0.3) is 0 Å². The Morgan fingerprint density at radius 3 is 2.76 bits per heavy atom. The predicted molar refractivity (Wildman–Crippen MR) is 55.2 cm³/mol. The van der Waals surface area contributed by atoms with Crippen molar-refractivity contribution in [2.45, 2.75) is 18.7 Å². The number of aliphatic hydroxyl groups excluding tert-OH is 1. The molecule has 0 bridgehead atoms. The Labute approximate surface area is 96.2 Å². The Morgan fingerprint density at radius 1 is 1.47 bits per heavy atom. The van der Waals surface area contributed by atoms with Gasteiger partial charge < -0.3 is 15.6 Å². The molecule has 0 aromatic carbocycles. The topological polar surface area (TPSA) is 68.4 Å². The standard InChI is InChI=1S/C10H13F3N2O2/c11-10(12,13)6-17-5-8(16)3-7-4-15-2-1-9(7)14/h1-2,4,8,16H,3,5-6H2,(H2,14,15). The summed E-state index contributed by atoms with van der Waals surface area (Å²) in [6, 6.07) is 1.55. The van der Waals surface area contributed by atoms with Gasteiger partial charge in [-0.1, -0.05) is 0 Å². The molecule has 1 unspecified atom stereocenters. The summed E-state index contributed by atoms with van der Waals surface area (Å²) in [5.41, 5.74) is 6.61. The van der Waals surface area contributed by atoms with Crippen molar-refractivity contribution in [3.05, 3.63) is 24.0 Å². The molecule has 1 atom stereocenters. The maximum absolute atomic E-state index is 11.8. The molecule has 0 saturated heterocycles. The van der Waals surface area contributed by atoms with Crippen molar-refractivity contribution >= 4 is 5.69 Å². The van der Waals surface area contributed by atoms with Crippen molar-refractivity contribution in [1.29, 1.82) is 0 Å². The van der Waals surface area contributed by atoms with Gasteiger partial charge in [0.15, 0.2) is 0 Å². The molecule has 1 aromatic heterocycles. The Morgan fingerprint density at radius 2 is 2.18 bits per heavy atom. The van der Waals surface area contributed by atoms with E-state index in [-0.39, 0.29) is 6.42 Å². The SMILES string of the molecule is Nc1ccncc1CC(O)COCC(F)(F)F. The van der Waals surface area contributed by atoms with Crippen molar-refractivity contribution in [3.63, 3.8) is 0 Å². The molecule has 0 aliphatic rings. The Hall–Kier alpha value is -1.34. The van der Waals surface area contributed by atoms with Crippen LogP contribution in [0, 0.1) is 0 Å². The van der Waals surface area contributed by atoms with E-state index in [0.717, 1.165) is 0 Å². The molecule has 0 fully saturated rings. The number of alkyl halides is 3. The molecular formula is C10H13F3N2O2. The number of halogens is 3. The van der Waals surface area contributed by atoms with Crippen molar-refractivity contribution in [3.8, 4) is 0 Å². The third kappa shape index (κ3) is 5.50. The van der Waals surface area contributed by atoms with E-state index < -0.39 is 25.5 Å². The van der Waals surface area contributed by atoms with Crippen molar-refractivity contribution in [2.24, 2.45) is 0 Å². The van der Waals surface area contributed by atoms with E-state index in [9.17, 15) is 18.3 Å². The van der Waals surface area contributed by atoms with Gasteiger partial charge in [-0.15, -0.1) is 0 Å². The number of nitrogens with zero attached hydrogens (tertiary/aromatic N) is 1. The summed E-state index contributed by atoms with van der Waals surface area (Å²) in [4.78, 5) is 3.81. The molecule has 1 aromatic rings. The number of anilines is 1. The highest BCUT2D eigenvalue weighted by Crippen LogP contribution is 2.15. The van der Waals surface area contributed by atoms with E-state index in [1.807, 2.05) is 0 Å². The summed E-state index contributed by atoms with van der Waals surface area (Å²) in [5.74, 6) is 0. The monoisotopic (exact) mass is 250 g/mol. The van der Waals surface area contributed by atoms with Gasteiger partial charge in [0, 0.05) is 24.5 Å². The molecule has 1 heterocycles. The van der Waals surface area contributed by atoms with E-state index in [0.29, 0.717) is 11.3 Å². The van der Waals surface area contributed by atoms with E-state index in [2.05, 4.69) is 9.72 Å². The second-order valence-electron chi connectivity index (χ2n) is 3.56. The molecule has 0 amide bonds. The molecule has 96 valence electrons. The highest BCUT2D eigenvalue weighted by molar-refractivity contribution is 5.44. The van der Waals surface area contributed by atoms with Crippen LogP contribution in [0.15, 0.2) is 18.5 Å². The lowest BCUT2D eigenvalue weighted by atomic mass is 10.1. The van der Waals surface area contributed by atoms with Crippen LogP contribution in [-0.2, 0) is 11.2 Å². The molecule has 4 nitrogen and oxygen atoms in total. The summed E-state index contributed by atoms with van der Waals surface area (Å²) in [6.07, 6.45) is -2.36. The third-order valence-electron chi connectivity index (χ3n) is 1.97. The largest absolute Gasteiger partial charge is 0.411 e. The van der Waals surface area contributed by atoms with Crippen molar-refractivity contribution in [2.75, 3.05) is 18.9 Å². The van der Waals surface area contributed by atoms with Crippen LogP contribution >= 0.6 is 0 Å². The van der Waals surface area contributed by atoms with Crippen LogP contribution in [0.3, 0.4) is 0 Å². The lowest BCUT2D eigenvalue weighted by Gasteiger charge is -2.13. The molecule has 0 radical (unpaired) electrons. The minimum atomic E-state index is -4.38. The van der Waals surface area contributed by atoms with Gasteiger partial charge in [-0.25, -0.2) is 0 Å². The summed E-state index contributed by atoms with van der Waals surface area (Å²) < 4.78 is 39.6. The zero-order valence-electron chi connectivity index (χ0n) is 8.94. The average molecular weight is 250 g/mol. The lowest BCUT2D eigenvalue weighted by molar-refractivity contribution is -0.179. The smallest absolute Gasteiger partial charge is 0.398 e. The highest BCUT2D eigenvalue weighted by Gasteiger charge is 2.27. The number of nitrogens with two attached hydrogens (primary N) is 1. The van der Waals surface area contributed by atoms with Crippen LogP contribution in [-0.4, -0.2) is 35.6 Å². The second-order valence-corrected chi connectivity index (χ2v) is 3.56. The molecule has 7 heteroatoms. The van der Waals surface area contributed by atoms with Crippen LogP contribution in [0.5, 0.6) is 0 Å². The number of ether oxygens (including phenoxy) is 1. The molecule has 17 heavy (non-hydrogen) atoms. The summed E-state index contributed by atoms with van der Waals surface area (Å²) in [5, 5.41) is 9.45. The number of hydrogen-bond acceptors (Lipinski definition) is 4. The Bertz CT molecular complexity index is 358. The van der Waals surface area contributed by atoms with Gasteiger partial charge in [-0.2, -0.15) is 13.2 Å². The van der Waals surface area contributed by atoms with Crippen molar-refractivity contribution < 1.29 is 23.0 Å². The lowest BCUT2D eigenvalue weighted by Crippen LogP contribution is -2.24. The zero-order chi connectivity index (χ0) is 12.9. The summed E-state index contributed by atoms with van der Waals surface area (Å²) >= 11 is 0. The number of pyridine rings is 1. The first-order valence-electron chi connectivity index (χ1n) is 4.89. The maximum atomic E-state index is 11.8. The van der Waals surface area contributed by atoms with E-state index >= 15 is 0 Å². The minimum Gasteiger partial charge on any atom is -0.398 e. The first kappa shape index (κ1) is 13.7. The van der Waals surface area contributed by atoms with Crippen molar-refractivity contribution in [1.82, 2.24) is 4.98 Å². The first-order chi connectivity index (χ1) is 7.88. The number of rotatable bonds is 5. The Kier molecular flexibility index (Phi) is 4.71. The van der Waals surface area contributed by atoms with Crippen LogP contribution in [0.4, 0.5) is 18.9 Å². The van der Waals surface area contributed by atoms with Gasteiger partial charge in [0.2, 0.25) is 0 Å². The predicted octanol–water partition coefficient (Wildman–Crippen LogP) is 1.15. The number of aliphatic hydroxyl groups is 1. The molecular weight excluding hydrogens is 237 g/mol. The fourth-order valence-electron chi connectivity index (χ4n) is 1.23. The van der Waals surface area contributed by atoms with E-state index in [4.69, 9.17) is 5.73 Å². The first-order valence-corrected chi connectivity index (χ1v) is 4.89. The number of aromatic nitrogens is 1. The third-order valence-corrected chi connectivity index (χ3v) is 1.97. The van der Waals surface area contributed by atoms with Gasteiger partial charge in [0.1, 0.15) is 6.61 Å². The molecule has 0 saturated carbocycles. The number of hydrogen-bond donors (Lipinski definition) is 2. The molecule has 3 N–H and O–H groups in total. The summed E-state index contributed by atoms with van der Waals surface area (Å²) in [7, 11) is 0. The van der Waals surface area contributed by atoms with Crippen LogP contribution in [0.1, 0.15) is 5.56 Å². The van der Waals surface area contributed by atoms with Gasteiger partial charge in [-0.3, -0.25) is 4.98 Å². The molecule has 1 rings (SSSR count). The quantitative estimate of drug-likeness (QED) is 0.822. The van der Waals surface area contributed by atoms with Crippen LogP contribution in [0.2, 0.25) is 0 Å². The van der Waals surface area contributed by atoms with Crippen LogP contribution in [0.25, 0.3) is 0 Å². The van der Waals surface area contributed by atoms with Gasteiger partial charge in [0.05, 0.1) is 12.7 Å². The summed E-state index contributed by atoms with van der Waals surface area (Å²) in [6.45, 7) is -1.76. The Balaban J connectivity index is 2.35. The van der Waals surface area contributed by atoms with Crippen LogP contribution < -0.4 is 5.73 Å². The van der Waals surface area contributed by atoms with E-state index in [1.165, 1.54) is 12.4 Å². The number of nitrogen functional groups attached to an aromatic ring is 1. The molecule has 0 aliphatic carbocycles. The average Bonchev–Trinajstić information content (AvgIpc) is 2.19. The molecule has 0 aliphatic heterocycles. The second kappa shape index (κ2) is 5.83. The van der Waals surface area contributed by atoms with E-state index in [1.54, 1.807) is 6.07 Å². The fraction of sp³-hybridized carbons (Fsp3) is 0.500. The highest BCUT2D eigenvalue weighted by atomic mass is 19.4. The zero-order valence-corrected chi connectivity index (χ0v) is 8.94. The molecule has 0 spiro atoms. The normalized spacial score (nSPS) is 13.6.